The Bertz CT molecular complexity index is 1580. The van der Waals surface area contributed by atoms with E-state index in [1.165, 1.54) is 12.1 Å². The molecular weight excluding hydrogens is 539 g/mol. The lowest BCUT2D eigenvalue weighted by atomic mass is 10.1. The predicted molar refractivity (Wildman–Crippen MR) is 157 cm³/mol. The van der Waals surface area contributed by atoms with E-state index in [0.717, 1.165) is 54.2 Å². The highest BCUT2D eigenvalue weighted by atomic mass is 19.1. The van der Waals surface area contributed by atoms with Crippen molar-refractivity contribution in [1.29, 1.82) is 0 Å². The summed E-state index contributed by atoms with van der Waals surface area (Å²) in [5, 5.41) is 1.66. The van der Waals surface area contributed by atoms with Crippen molar-refractivity contribution in [2.45, 2.75) is 32.6 Å². The molecule has 7 nitrogen and oxygen atoms in total. The van der Waals surface area contributed by atoms with Crippen LogP contribution in [-0.2, 0) is 9.53 Å². The first-order chi connectivity index (χ1) is 20.3. The second-order valence-electron chi connectivity index (χ2n) is 9.60. The van der Waals surface area contributed by atoms with E-state index in [2.05, 4.69) is 6.58 Å². The van der Waals surface area contributed by atoms with Crippen molar-refractivity contribution in [3.8, 4) is 17.2 Å². The summed E-state index contributed by atoms with van der Waals surface area (Å²) >= 11 is 0. The maximum atomic E-state index is 14.7. The zero-order valence-corrected chi connectivity index (χ0v) is 23.3. The Balaban J connectivity index is 1.28. The zero-order chi connectivity index (χ0) is 29.9. The number of carbonyl (C=O) groups excluding carboxylic acids is 3. The van der Waals surface area contributed by atoms with Crippen LogP contribution < -0.4 is 14.2 Å². The number of fused-ring (bicyclic) bond motifs is 1. The van der Waals surface area contributed by atoms with Crippen LogP contribution in [-0.4, -0.2) is 31.1 Å². The number of aryl methyl sites for hydroxylation is 1. The molecule has 0 N–H and O–H groups in total. The summed E-state index contributed by atoms with van der Waals surface area (Å²) in [5.74, 6) is -1.97. The van der Waals surface area contributed by atoms with E-state index in [0.29, 0.717) is 24.7 Å². The Morgan fingerprint density at radius 3 is 2.07 bits per heavy atom. The van der Waals surface area contributed by atoms with Crippen LogP contribution in [0.25, 0.3) is 10.8 Å². The number of rotatable bonds is 13. The predicted octanol–water partition coefficient (Wildman–Crippen LogP) is 7.39. The van der Waals surface area contributed by atoms with E-state index >= 15 is 0 Å². The van der Waals surface area contributed by atoms with Gasteiger partial charge < -0.3 is 18.9 Å². The molecule has 0 saturated heterocycles. The van der Waals surface area contributed by atoms with Crippen molar-refractivity contribution in [3.63, 3.8) is 0 Å². The van der Waals surface area contributed by atoms with Gasteiger partial charge in [0.05, 0.1) is 24.3 Å². The van der Waals surface area contributed by atoms with Gasteiger partial charge in [0.2, 0.25) is 0 Å². The van der Waals surface area contributed by atoms with E-state index in [-0.39, 0.29) is 16.9 Å². The molecule has 0 atom stereocenters. The van der Waals surface area contributed by atoms with E-state index in [9.17, 15) is 18.8 Å². The van der Waals surface area contributed by atoms with Crippen molar-refractivity contribution >= 4 is 28.7 Å². The van der Waals surface area contributed by atoms with Crippen molar-refractivity contribution in [2.24, 2.45) is 0 Å². The third-order valence-electron chi connectivity index (χ3n) is 6.37. The van der Waals surface area contributed by atoms with Gasteiger partial charge in [-0.05, 0) is 98.0 Å². The van der Waals surface area contributed by atoms with E-state index in [1.807, 2.05) is 25.1 Å². The van der Waals surface area contributed by atoms with Crippen LogP contribution in [0.4, 0.5) is 4.39 Å². The zero-order valence-electron chi connectivity index (χ0n) is 23.3. The first-order valence-corrected chi connectivity index (χ1v) is 13.6. The van der Waals surface area contributed by atoms with Crippen LogP contribution in [0.15, 0.2) is 91.5 Å². The summed E-state index contributed by atoms with van der Waals surface area (Å²) in [6.07, 6.45) is 4.69. The fourth-order valence-electron chi connectivity index (χ4n) is 4.06. The first kappa shape index (κ1) is 30.0. The molecule has 4 rings (SSSR count). The molecule has 0 aliphatic carbocycles. The number of hydrogen-bond acceptors (Lipinski definition) is 7. The van der Waals surface area contributed by atoms with Crippen molar-refractivity contribution < 1.29 is 37.7 Å². The van der Waals surface area contributed by atoms with Crippen LogP contribution in [0, 0.1) is 12.7 Å². The number of benzene rings is 4. The van der Waals surface area contributed by atoms with Crippen LogP contribution in [0.3, 0.4) is 0 Å². The molecule has 4 aromatic carbocycles. The molecule has 0 heterocycles. The van der Waals surface area contributed by atoms with Crippen LogP contribution in [0.5, 0.6) is 17.2 Å². The van der Waals surface area contributed by atoms with Gasteiger partial charge >= 0.3 is 17.9 Å². The molecular formula is C34H31FO7. The van der Waals surface area contributed by atoms with E-state index in [1.54, 1.807) is 42.5 Å². The second kappa shape index (κ2) is 14.6. The Morgan fingerprint density at radius 2 is 1.33 bits per heavy atom. The molecule has 0 saturated carbocycles. The molecule has 0 fully saturated rings. The van der Waals surface area contributed by atoms with Crippen LogP contribution in [0.1, 0.15) is 52.0 Å². The SMILES string of the molecule is C=CC(=O)OCCCCCCOc1ccc2cc(C(=O)Oc3ccc(C(=O)Oc4ccc(C)cc4)cc3F)ccc2c1. The Hall–Kier alpha value is -4.98. The van der Waals surface area contributed by atoms with Gasteiger partial charge in [0.15, 0.2) is 11.6 Å². The minimum Gasteiger partial charge on any atom is -0.494 e. The van der Waals surface area contributed by atoms with Gasteiger partial charge in [0, 0.05) is 6.08 Å². The maximum Gasteiger partial charge on any atom is 0.343 e. The smallest absolute Gasteiger partial charge is 0.343 e. The number of carbonyl (C=O) groups is 3. The number of halogens is 1. The molecule has 0 aliphatic rings. The lowest BCUT2D eigenvalue weighted by Crippen LogP contribution is -2.12. The highest BCUT2D eigenvalue weighted by molar-refractivity contribution is 5.97. The third kappa shape index (κ3) is 8.51. The molecule has 42 heavy (non-hydrogen) atoms. The summed E-state index contributed by atoms with van der Waals surface area (Å²) in [7, 11) is 0. The minimum atomic E-state index is -0.861. The summed E-state index contributed by atoms with van der Waals surface area (Å²) in [4.78, 5) is 36.1. The molecule has 0 aliphatic heterocycles. The maximum absolute atomic E-state index is 14.7. The highest BCUT2D eigenvalue weighted by Crippen LogP contribution is 2.25. The van der Waals surface area contributed by atoms with Crippen LogP contribution >= 0.6 is 0 Å². The van der Waals surface area contributed by atoms with E-state index in [4.69, 9.17) is 18.9 Å². The summed E-state index contributed by atoms with van der Waals surface area (Å²) < 4.78 is 36.0. The standard InChI is InChI=1S/C34H31FO7/c1-3-32(36)40-19-7-5-4-6-18-39-29-16-12-24-20-26(11-10-25(24)21-29)34(38)42-31-17-13-27(22-30(31)35)33(37)41-28-14-8-23(2)9-15-28/h3,8-17,20-22H,1,4-7,18-19H2,2H3. The van der Waals surface area contributed by atoms with Gasteiger partial charge in [0.25, 0.3) is 0 Å². The molecule has 8 heteroatoms. The lowest BCUT2D eigenvalue weighted by Gasteiger charge is -2.10. The molecule has 0 amide bonds. The number of esters is 3. The average Bonchev–Trinajstić information content (AvgIpc) is 3.00. The van der Waals surface area contributed by atoms with Gasteiger partial charge in [-0.2, -0.15) is 0 Å². The summed E-state index contributed by atoms with van der Waals surface area (Å²) in [5.41, 5.74) is 1.25. The number of unbranched alkanes of at least 4 members (excludes halogenated alkanes) is 3. The minimum absolute atomic E-state index is 0.0110. The Kier molecular flexibility index (Phi) is 10.4. The fraction of sp³-hybridized carbons (Fsp3) is 0.206. The van der Waals surface area contributed by atoms with Crippen molar-refractivity contribution in [2.75, 3.05) is 13.2 Å². The van der Waals surface area contributed by atoms with E-state index < -0.39 is 23.7 Å². The molecule has 0 aromatic heterocycles. The van der Waals surface area contributed by atoms with Crippen molar-refractivity contribution in [3.05, 3.63) is 114 Å². The third-order valence-corrected chi connectivity index (χ3v) is 6.37. The van der Waals surface area contributed by atoms with Gasteiger partial charge in [0.1, 0.15) is 11.5 Å². The lowest BCUT2D eigenvalue weighted by molar-refractivity contribution is -0.137. The van der Waals surface area contributed by atoms with Gasteiger partial charge in [-0.25, -0.2) is 18.8 Å². The molecule has 0 spiro atoms. The highest BCUT2D eigenvalue weighted by Gasteiger charge is 2.16. The molecule has 4 aromatic rings. The van der Waals surface area contributed by atoms with Crippen LogP contribution in [0.2, 0.25) is 0 Å². The number of hydrogen-bond donors (Lipinski definition) is 0. The van der Waals surface area contributed by atoms with Gasteiger partial charge in [-0.15, -0.1) is 0 Å². The summed E-state index contributed by atoms with van der Waals surface area (Å²) in [6, 6.07) is 21.0. The van der Waals surface area contributed by atoms with Gasteiger partial charge in [-0.1, -0.05) is 36.4 Å². The Morgan fingerprint density at radius 1 is 0.714 bits per heavy atom. The first-order valence-electron chi connectivity index (χ1n) is 13.6. The van der Waals surface area contributed by atoms with Gasteiger partial charge in [-0.3, -0.25) is 0 Å². The second-order valence-corrected chi connectivity index (χ2v) is 9.60. The molecule has 0 radical (unpaired) electrons. The fourth-order valence-corrected chi connectivity index (χ4v) is 4.06. The quantitative estimate of drug-likeness (QED) is 0.0717. The summed E-state index contributed by atoms with van der Waals surface area (Å²) in [6.45, 7) is 6.21. The molecule has 0 unspecified atom stereocenters. The molecule has 0 bridgehead atoms. The monoisotopic (exact) mass is 570 g/mol. The number of ether oxygens (including phenoxy) is 4. The van der Waals surface area contributed by atoms with Crippen molar-refractivity contribution in [1.82, 2.24) is 0 Å². The Labute approximate surface area is 243 Å². The molecule has 216 valence electrons. The largest absolute Gasteiger partial charge is 0.494 e. The average molecular weight is 571 g/mol. The normalized spacial score (nSPS) is 10.6. The topological polar surface area (TPSA) is 88.1 Å².